The predicted molar refractivity (Wildman–Crippen MR) is 139 cm³/mol. The molecule has 0 unspecified atom stereocenters. The molecule has 0 atom stereocenters. The van der Waals surface area contributed by atoms with Gasteiger partial charge in [0.05, 0.1) is 24.7 Å². The van der Waals surface area contributed by atoms with E-state index in [0.717, 1.165) is 40.0 Å². The van der Waals surface area contributed by atoms with Crippen molar-refractivity contribution in [1.82, 2.24) is 24.4 Å². The molecule has 2 fully saturated rings. The van der Waals surface area contributed by atoms with Crippen molar-refractivity contribution < 1.29 is 14.3 Å². The zero-order chi connectivity index (χ0) is 24.6. The van der Waals surface area contributed by atoms with Crippen molar-refractivity contribution in [2.75, 3.05) is 38.7 Å². The highest BCUT2D eigenvalue weighted by Crippen LogP contribution is 2.43. The molecule has 1 aliphatic heterocycles. The minimum Gasteiger partial charge on any atom is -0.381 e. The van der Waals surface area contributed by atoms with Crippen molar-refractivity contribution in [1.29, 1.82) is 0 Å². The number of hydrogen-bond donors (Lipinski definition) is 1. The molecule has 1 saturated heterocycles. The molecule has 1 aromatic carbocycles. The first-order valence-corrected chi connectivity index (χ1v) is 13.0. The molecular formula is C26H28N6O3S. The first kappa shape index (κ1) is 23.1. The number of imidazole rings is 1. The predicted octanol–water partition coefficient (Wildman–Crippen LogP) is 3.82. The molecule has 0 radical (unpaired) electrons. The van der Waals surface area contributed by atoms with E-state index >= 15 is 0 Å². The van der Waals surface area contributed by atoms with E-state index in [-0.39, 0.29) is 18.1 Å². The first-order chi connectivity index (χ1) is 17.6. The molecule has 1 aliphatic carbocycles. The van der Waals surface area contributed by atoms with Crippen molar-refractivity contribution in [3.05, 3.63) is 47.6 Å². The average Bonchev–Trinajstić information content (AvgIpc) is 3.50. The number of hydrogen-bond acceptors (Lipinski definition) is 8. The number of nitrogens with zero attached hydrogens (tertiary/aromatic N) is 5. The molecular weight excluding hydrogens is 476 g/mol. The van der Waals surface area contributed by atoms with E-state index in [2.05, 4.69) is 10.3 Å². The van der Waals surface area contributed by atoms with Crippen molar-refractivity contribution >= 4 is 33.3 Å². The first-order valence-electron chi connectivity index (χ1n) is 12.2. The van der Waals surface area contributed by atoms with Gasteiger partial charge < -0.3 is 24.3 Å². The topological polar surface area (TPSA) is 94.4 Å². The second kappa shape index (κ2) is 9.61. The van der Waals surface area contributed by atoms with Crippen LogP contribution in [0, 0.1) is 0 Å². The van der Waals surface area contributed by atoms with Gasteiger partial charge in [0.15, 0.2) is 11.6 Å². The molecule has 0 bridgehead atoms. The number of morpholine rings is 1. The van der Waals surface area contributed by atoms with Gasteiger partial charge in [0.2, 0.25) is 0 Å². The third kappa shape index (κ3) is 4.15. The number of thiophene rings is 1. The lowest BCUT2D eigenvalue weighted by Crippen LogP contribution is -2.40. The van der Waals surface area contributed by atoms with Gasteiger partial charge in [-0.1, -0.05) is 30.3 Å². The number of rotatable bonds is 6. The van der Waals surface area contributed by atoms with Gasteiger partial charge >= 0.3 is 0 Å². The lowest BCUT2D eigenvalue weighted by atomic mass is 9.89. The van der Waals surface area contributed by atoms with Crippen LogP contribution in [-0.4, -0.2) is 75.9 Å². The number of aromatic nitrogens is 4. The molecule has 1 saturated carbocycles. The molecule has 10 heteroatoms. The number of aryl methyl sites for hydroxylation is 1. The van der Waals surface area contributed by atoms with Crippen molar-refractivity contribution in [3.63, 3.8) is 0 Å². The van der Waals surface area contributed by atoms with Crippen LogP contribution in [0.15, 0.2) is 42.7 Å². The number of anilines is 1. The Labute approximate surface area is 213 Å². The Morgan fingerprint density at radius 1 is 1.17 bits per heavy atom. The zero-order valence-electron chi connectivity index (χ0n) is 20.3. The number of amides is 1. The van der Waals surface area contributed by atoms with Gasteiger partial charge in [0.1, 0.15) is 15.5 Å². The van der Waals surface area contributed by atoms with Crippen LogP contribution in [0.5, 0.6) is 0 Å². The third-order valence-corrected chi connectivity index (χ3v) is 7.97. The maximum Gasteiger partial charge on any atom is 0.264 e. The Hall–Kier alpha value is -3.34. The van der Waals surface area contributed by atoms with Crippen LogP contribution in [0.25, 0.3) is 33.0 Å². The molecule has 36 heavy (non-hydrogen) atoms. The van der Waals surface area contributed by atoms with Crippen LogP contribution in [0.4, 0.5) is 5.82 Å². The van der Waals surface area contributed by atoms with Crippen LogP contribution in [0.2, 0.25) is 0 Å². The van der Waals surface area contributed by atoms with E-state index in [0.29, 0.717) is 42.8 Å². The number of ether oxygens (including phenoxy) is 2. The molecule has 4 aromatic rings. The summed E-state index contributed by atoms with van der Waals surface area (Å²) in [6.45, 7) is 2.26. The summed E-state index contributed by atoms with van der Waals surface area (Å²) >= 11 is 1.42. The monoisotopic (exact) mass is 504 g/mol. The highest BCUT2D eigenvalue weighted by Gasteiger charge is 2.32. The summed E-state index contributed by atoms with van der Waals surface area (Å²) in [6.07, 6.45) is 5.68. The van der Waals surface area contributed by atoms with E-state index in [9.17, 15) is 4.79 Å². The normalized spacial score (nSPS) is 19.9. The summed E-state index contributed by atoms with van der Waals surface area (Å²) in [5.74, 6) is 1.95. The Bertz CT molecular complexity index is 1390. The maximum absolute atomic E-state index is 13.8. The number of carbonyl (C=O) groups is 1. The fourth-order valence-electron chi connectivity index (χ4n) is 4.80. The SMILES string of the molecule is COC1CC(Nc2nc(-c3nccn3C)nc3sc(C(=O)N4CCOCC4)c(-c4ccccc4)c23)C1. The molecule has 186 valence electrons. The minimum atomic E-state index is 0.00716. The largest absolute Gasteiger partial charge is 0.381 e. The number of carbonyl (C=O) groups excluding carboxylic acids is 1. The molecule has 1 amide bonds. The molecule has 3 aromatic heterocycles. The summed E-state index contributed by atoms with van der Waals surface area (Å²) in [6, 6.07) is 10.3. The van der Waals surface area contributed by atoms with Crippen molar-refractivity contribution in [3.8, 4) is 22.8 Å². The summed E-state index contributed by atoms with van der Waals surface area (Å²) < 4.78 is 12.9. The van der Waals surface area contributed by atoms with E-state index in [4.69, 9.17) is 19.4 Å². The molecule has 4 heterocycles. The van der Waals surface area contributed by atoms with Crippen molar-refractivity contribution in [2.45, 2.75) is 25.0 Å². The van der Waals surface area contributed by atoms with Crippen LogP contribution in [-0.2, 0) is 16.5 Å². The lowest BCUT2D eigenvalue weighted by molar-refractivity contribution is 0.0306. The van der Waals surface area contributed by atoms with Gasteiger partial charge in [-0.3, -0.25) is 4.79 Å². The Kier molecular flexibility index (Phi) is 6.16. The number of fused-ring (bicyclic) bond motifs is 1. The zero-order valence-corrected chi connectivity index (χ0v) is 21.1. The van der Waals surface area contributed by atoms with E-state index in [1.54, 1.807) is 13.3 Å². The van der Waals surface area contributed by atoms with E-state index in [1.807, 2.05) is 53.0 Å². The number of benzene rings is 1. The van der Waals surface area contributed by atoms with Gasteiger partial charge in [0, 0.05) is 51.2 Å². The standard InChI is InChI=1S/C26H28N6O3S/c1-31-9-8-27-24(31)23-29-22(28-17-14-18(15-17)34-2)20-19(16-6-4-3-5-7-16)21(36-25(20)30-23)26(33)32-10-12-35-13-11-32/h3-9,17-18H,10-15H2,1-2H3,(H,28,29,30). The molecule has 6 rings (SSSR count). The lowest BCUT2D eigenvalue weighted by Gasteiger charge is -2.35. The molecule has 9 nitrogen and oxygen atoms in total. The van der Waals surface area contributed by atoms with Gasteiger partial charge in [0.25, 0.3) is 5.91 Å². The van der Waals surface area contributed by atoms with Crippen LogP contribution >= 0.6 is 11.3 Å². The Morgan fingerprint density at radius 3 is 2.64 bits per heavy atom. The second-order valence-corrected chi connectivity index (χ2v) is 10.2. The van der Waals surface area contributed by atoms with Crippen LogP contribution in [0.3, 0.4) is 0 Å². The second-order valence-electron chi connectivity index (χ2n) is 9.18. The number of nitrogens with one attached hydrogen (secondary N) is 1. The summed E-state index contributed by atoms with van der Waals surface area (Å²) in [5.41, 5.74) is 1.85. The average molecular weight is 505 g/mol. The highest BCUT2D eigenvalue weighted by atomic mass is 32.1. The highest BCUT2D eigenvalue weighted by molar-refractivity contribution is 7.21. The van der Waals surface area contributed by atoms with Gasteiger partial charge in [-0.2, -0.15) is 0 Å². The Morgan fingerprint density at radius 2 is 1.94 bits per heavy atom. The van der Waals surface area contributed by atoms with Crippen LogP contribution < -0.4 is 5.32 Å². The number of methoxy groups -OCH3 is 1. The van der Waals surface area contributed by atoms with Gasteiger partial charge in [-0.05, 0) is 18.4 Å². The smallest absolute Gasteiger partial charge is 0.264 e. The van der Waals surface area contributed by atoms with Gasteiger partial charge in [-0.25, -0.2) is 15.0 Å². The summed E-state index contributed by atoms with van der Waals surface area (Å²) in [4.78, 5) is 31.5. The fraction of sp³-hybridized carbons (Fsp3) is 0.385. The quantitative estimate of drug-likeness (QED) is 0.427. The fourth-order valence-corrected chi connectivity index (χ4v) is 5.96. The summed E-state index contributed by atoms with van der Waals surface area (Å²) in [5, 5.41) is 4.52. The molecule has 2 aliphatic rings. The van der Waals surface area contributed by atoms with Crippen LogP contribution in [0.1, 0.15) is 22.5 Å². The third-order valence-electron chi connectivity index (χ3n) is 6.90. The molecule has 0 spiro atoms. The van der Waals surface area contributed by atoms with E-state index in [1.165, 1.54) is 11.3 Å². The Balaban J connectivity index is 1.54. The minimum absolute atomic E-state index is 0.00716. The van der Waals surface area contributed by atoms with Gasteiger partial charge in [-0.15, -0.1) is 11.3 Å². The maximum atomic E-state index is 13.8. The molecule has 1 N–H and O–H groups in total. The summed E-state index contributed by atoms with van der Waals surface area (Å²) in [7, 11) is 3.67. The van der Waals surface area contributed by atoms with Crippen molar-refractivity contribution in [2.24, 2.45) is 7.05 Å². The van der Waals surface area contributed by atoms with E-state index < -0.39 is 0 Å².